The minimum Gasteiger partial charge on any atom is -0.309 e. The minimum absolute atomic E-state index is 0.421. The van der Waals surface area contributed by atoms with E-state index in [0.29, 0.717) is 0 Å². The van der Waals surface area contributed by atoms with Gasteiger partial charge in [-0.05, 0) is 81.9 Å². The lowest BCUT2D eigenvalue weighted by Crippen LogP contribution is -2.28. The lowest BCUT2D eigenvalue weighted by atomic mass is 9.67. The Kier molecular flexibility index (Phi) is 5.42. The summed E-state index contributed by atoms with van der Waals surface area (Å²) in [4.78, 5) is 0. The second kappa shape index (κ2) is 9.05. The van der Waals surface area contributed by atoms with Crippen LogP contribution in [0.2, 0.25) is 0 Å². The van der Waals surface area contributed by atoms with Crippen molar-refractivity contribution < 1.29 is 0 Å². The van der Waals surface area contributed by atoms with Crippen molar-refractivity contribution >= 4 is 53.7 Å². The molecule has 0 spiro atoms. The highest BCUT2D eigenvalue weighted by atomic mass is 79.9. The number of rotatable bonds is 3. The first-order valence-electron chi connectivity index (χ1n) is 13.4. The van der Waals surface area contributed by atoms with Crippen LogP contribution in [0.15, 0.2) is 148 Å². The molecule has 0 fully saturated rings. The standard InChI is InChI=1S/C37H23Br2N/c38-26-15-19-35-31(21-26)32-22-27(39)16-20-36(32)40(35)28-17-18-30-29-13-7-8-14-33(29)37(34(30)23-28,24-9-3-1-4-10-24)25-11-5-2-6-12-25/h1-23H. The van der Waals surface area contributed by atoms with Crippen molar-refractivity contribution in [1.82, 2.24) is 4.57 Å². The molecule has 0 radical (unpaired) electrons. The van der Waals surface area contributed by atoms with Crippen LogP contribution in [0.25, 0.3) is 38.6 Å². The van der Waals surface area contributed by atoms with Crippen LogP contribution >= 0.6 is 31.9 Å². The van der Waals surface area contributed by atoms with Crippen LogP contribution in [-0.2, 0) is 5.41 Å². The molecule has 0 atom stereocenters. The van der Waals surface area contributed by atoms with Gasteiger partial charge in [0.2, 0.25) is 0 Å². The molecular weight excluding hydrogens is 618 g/mol. The van der Waals surface area contributed by atoms with E-state index in [0.717, 1.165) is 14.6 Å². The fraction of sp³-hybridized carbons (Fsp3) is 0.0270. The van der Waals surface area contributed by atoms with Gasteiger partial charge < -0.3 is 4.57 Å². The molecule has 0 unspecified atom stereocenters. The maximum Gasteiger partial charge on any atom is 0.0714 e. The molecule has 6 aromatic carbocycles. The van der Waals surface area contributed by atoms with Crippen LogP contribution < -0.4 is 0 Å². The molecule has 8 rings (SSSR count). The summed E-state index contributed by atoms with van der Waals surface area (Å²) in [5, 5.41) is 2.46. The zero-order chi connectivity index (χ0) is 26.8. The van der Waals surface area contributed by atoms with Gasteiger partial charge in [0, 0.05) is 25.4 Å². The highest BCUT2D eigenvalue weighted by Gasteiger charge is 2.46. The average molecular weight is 641 g/mol. The molecule has 0 amide bonds. The number of hydrogen-bond acceptors (Lipinski definition) is 0. The summed E-state index contributed by atoms with van der Waals surface area (Å²) in [6, 6.07) is 51.1. The molecule has 1 heterocycles. The lowest BCUT2D eigenvalue weighted by molar-refractivity contribution is 0.767. The first-order valence-corrected chi connectivity index (χ1v) is 15.0. The third kappa shape index (κ3) is 3.31. The predicted molar refractivity (Wildman–Crippen MR) is 173 cm³/mol. The van der Waals surface area contributed by atoms with Crippen LogP contribution in [-0.4, -0.2) is 4.57 Å². The molecule has 7 aromatic rings. The number of nitrogens with zero attached hydrogens (tertiary/aromatic N) is 1. The van der Waals surface area contributed by atoms with Gasteiger partial charge in [-0.25, -0.2) is 0 Å². The fourth-order valence-electron chi connectivity index (χ4n) is 6.82. The molecule has 40 heavy (non-hydrogen) atoms. The van der Waals surface area contributed by atoms with Crippen molar-refractivity contribution in [2.45, 2.75) is 5.41 Å². The molecule has 190 valence electrons. The monoisotopic (exact) mass is 639 g/mol. The fourth-order valence-corrected chi connectivity index (χ4v) is 7.54. The molecular formula is C37H23Br2N. The number of hydrogen-bond donors (Lipinski definition) is 0. The molecule has 0 aliphatic heterocycles. The second-order valence-corrected chi connectivity index (χ2v) is 12.2. The summed E-state index contributed by atoms with van der Waals surface area (Å²) in [5.74, 6) is 0. The van der Waals surface area contributed by atoms with Crippen molar-refractivity contribution in [3.05, 3.63) is 171 Å². The van der Waals surface area contributed by atoms with Crippen LogP contribution in [0.4, 0.5) is 0 Å². The third-order valence-corrected chi connectivity index (χ3v) is 9.38. The minimum atomic E-state index is -0.421. The Morgan fingerprint density at radius 1 is 0.450 bits per heavy atom. The third-order valence-electron chi connectivity index (χ3n) is 8.39. The van der Waals surface area contributed by atoms with Gasteiger partial charge >= 0.3 is 0 Å². The highest BCUT2D eigenvalue weighted by Crippen LogP contribution is 2.56. The molecule has 0 saturated carbocycles. The Balaban J connectivity index is 1.50. The van der Waals surface area contributed by atoms with E-state index in [9.17, 15) is 0 Å². The van der Waals surface area contributed by atoms with Crippen molar-refractivity contribution in [2.75, 3.05) is 0 Å². The number of halogens is 2. The summed E-state index contributed by atoms with van der Waals surface area (Å²) in [7, 11) is 0. The molecule has 1 aliphatic carbocycles. The Hall–Kier alpha value is -3.92. The molecule has 0 saturated heterocycles. The normalized spacial score (nSPS) is 13.4. The molecule has 1 aromatic heterocycles. The van der Waals surface area contributed by atoms with Gasteiger partial charge in [0.1, 0.15) is 0 Å². The number of fused-ring (bicyclic) bond motifs is 6. The summed E-state index contributed by atoms with van der Waals surface area (Å²) >= 11 is 7.41. The largest absolute Gasteiger partial charge is 0.309 e. The zero-order valence-electron chi connectivity index (χ0n) is 21.5. The Morgan fingerprint density at radius 2 is 0.975 bits per heavy atom. The quantitative estimate of drug-likeness (QED) is 0.181. The van der Waals surface area contributed by atoms with E-state index in [1.807, 2.05) is 0 Å². The smallest absolute Gasteiger partial charge is 0.0714 e. The summed E-state index contributed by atoms with van der Waals surface area (Å²) < 4.78 is 4.57. The summed E-state index contributed by atoms with van der Waals surface area (Å²) in [5.41, 5.74) is 10.9. The van der Waals surface area contributed by atoms with Crippen molar-refractivity contribution in [3.63, 3.8) is 0 Å². The molecule has 3 heteroatoms. The van der Waals surface area contributed by atoms with E-state index < -0.39 is 5.41 Å². The van der Waals surface area contributed by atoms with E-state index in [1.54, 1.807) is 0 Å². The van der Waals surface area contributed by atoms with Gasteiger partial charge in [0.15, 0.2) is 0 Å². The first-order chi connectivity index (χ1) is 19.7. The van der Waals surface area contributed by atoms with E-state index in [-0.39, 0.29) is 0 Å². The zero-order valence-corrected chi connectivity index (χ0v) is 24.7. The average Bonchev–Trinajstić information content (AvgIpc) is 3.47. The number of benzene rings is 6. The van der Waals surface area contributed by atoms with Crippen LogP contribution in [0.1, 0.15) is 22.3 Å². The maximum absolute atomic E-state index is 3.70. The second-order valence-electron chi connectivity index (χ2n) is 10.4. The summed E-state index contributed by atoms with van der Waals surface area (Å²) in [6.45, 7) is 0. The van der Waals surface area contributed by atoms with Gasteiger partial charge in [-0.1, -0.05) is 123 Å². The Bertz CT molecular complexity index is 1970. The number of aromatic nitrogens is 1. The molecule has 0 bridgehead atoms. The topological polar surface area (TPSA) is 4.93 Å². The van der Waals surface area contributed by atoms with Gasteiger partial charge in [-0.3, -0.25) is 0 Å². The van der Waals surface area contributed by atoms with Gasteiger partial charge in [0.25, 0.3) is 0 Å². The lowest BCUT2D eigenvalue weighted by Gasteiger charge is -2.34. The van der Waals surface area contributed by atoms with E-state index in [4.69, 9.17) is 0 Å². The van der Waals surface area contributed by atoms with E-state index >= 15 is 0 Å². The summed E-state index contributed by atoms with van der Waals surface area (Å²) in [6.07, 6.45) is 0. The molecule has 1 aliphatic rings. The van der Waals surface area contributed by atoms with Crippen LogP contribution in [0, 0.1) is 0 Å². The van der Waals surface area contributed by atoms with E-state index in [1.165, 1.54) is 55.2 Å². The van der Waals surface area contributed by atoms with Gasteiger partial charge in [0.05, 0.1) is 16.4 Å². The highest BCUT2D eigenvalue weighted by molar-refractivity contribution is 9.10. The van der Waals surface area contributed by atoms with Crippen LogP contribution in [0.3, 0.4) is 0 Å². The van der Waals surface area contributed by atoms with Crippen molar-refractivity contribution in [3.8, 4) is 16.8 Å². The van der Waals surface area contributed by atoms with Crippen LogP contribution in [0.5, 0.6) is 0 Å². The van der Waals surface area contributed by atoms with Crippen molar-refractivity contribution in [1.29, 1.82) is 0 Å². The molecule has 1 nitrogen and oxygen atoms in total. The van der Waals surface area contributed by atoms with Gasteiger partial charge in [-0.2, -0.15) is 0 Å². The molecule has 0 N–H and O–H groups in total. The Labute approximate surface area is 250 Å². The Morgan fingerprint density at radius 3 is 1.57 bits per heavy atom. The SMILES string of the molecule is Brc1ccc2c(c1)c1cc(Br)ccc1n2-c1ccc2c(c1)C(c1ccccc1)(c1ccccc1)c1ccccc1-2. The predicted octanol–water partition coefficient (Wildman–Crippen LogP) is 10.7. The first kappa shape index (κ1) is 23.9. The maximum atomic E-state index is 3.70. The van der Waals surface area contributed by atoms with E-state index in [2.05, 4.69) is 176 Å². The van der Waals surface area contributed by atoms with Gasteiger partial charge in [-0.15, -0.1) is 0 Å². The van der Waals surface area contributed by atoms with Crippen molar-refractivity contribution in [2.24, 2.45) is 0 Å².